The zero-order valence-corrected chi connectivity index (χ0v) is 26.2. The molecule has 6 aliphatic rings. The number of aliphatic hydroxyl groups excluding tert-OH is 6. The summed E-state index contributed by atoms with van der Waals surface area (Å²) in [5.41, 5.74) is 0.112. The molecular weight excluding hydrogens is 556 g/mol. The number of fused-ring (bicyclic) bond motifs is 7. The predicted molar refractivity (Wildman–Crippen MR) is 154 cm³/mol. The average Bonchev–Trinajstić information content (AvgIpc) is 3.42. The standard InChI is InChI=1S/C33H54O10/c1-16-7-10-33(41-15-16)17(2)26-25(43-33)12-21-19-6-5-18-11-24(42-30(40)29(39)28(38)27(37)23(36)14-34)22(35)13-32(18,4)20(19)8-9-31(21,26)3/h16-29,34-39H,5-15H2,1-4H3/t16-,17+,18+,19?,20?,21+,22-,23-,24-,25?,26?,27-,28+,29+,31+,32+,33-/m1/s1. The van der Waals surface area contributed by atoms with Crippen LogP contribution in [0.4, 0.5) is 0 Å². The molecular formula is C33H54O10. The molecule has 1 spiro atoms. The average molecular weight is 611 g/mol. The van der Waals surface area contributed by atoms with Gasteiger partial charge in [-0.15, -0.1) is 0 Å². The van der Waals surface area contributed by atoms with E-state index in [4.69, 9.17) is 19.3 Å². The van der Waals surface area contributed by atoms with E-state index in [0.29, 0.717) is 48.3 Å². The van der Waals surface area contributed by atoms with Gasteiger partial charge < -0.3 is 44.8 Å². The zero-order chi connectivity index (χ0) is 31.1. The van der Waals surface area contributed by atoms with E-state index in [-0.39, 0.29) is 22.9 Å². The largest absolute Gasteiger partial charge is 0.458 e. The maximum Gasteiger partial charge on any atom is 0.338 e. The van der Waals surface area contributed by atoms with Crippen LogP contribution in [-0.4, -0.2) is 98.3 Å². The van der Waals surface area contributed by atoms with Crippen molar-refractivity contribution in [3.8, 4) is 0 Å². The van der Waals surface area contributed by atoms with Gasteiger partial charge in [-0.3, -0.25) is 0 Å². The molecule has 2 aliphatic heterocycles. The predicted octanol–water partition coefficient (Wildman–Crippen LogP) is 1.75. The molecule has 246 valence electrons. The van der Waals surface area contributed by atoms with Crippen LogP contribution in [0.5, 0.6) is 0 Å². The number of carbonyl (C=O) groups excluding carboxylic acids is 1. The highest BCUT2D eigenvalue weighted by Crippen LogP contribution is 2.71. The van der Waals surface area contributed by atoms with Crippen molar-refractivity contribution in [2.45, 2.75) is 134 Å². The van der Waals surface area contributed by atoms with Crippen LogP contribution in [0.25, 0.3) is 0 Å². The summed E-state index contributed by atoms with van der Waals surface area (Å²) in [6.07, 6.45) is -0.765. The Kier molecular flexibility index (Phi) is 8.54. The second-order valence-electron chi connectivity index (χ2n) is 15.8. The van der Waals surface area contributed by atoms with Crippen LogP contribution in [-0.2, 0) is 19.0 Å². The Morgan fingerprint density at radius 1 is 0.953 bits per heavy atom. The van der Waals surface area contributed by atoms with E-state index in [1.54, 1.807) is 0 Å². The van der Waals surface area contributed by atoms with Crippen LogP contribution in [0, 0.1) is 52.3 Å². The minimum Gasteiger partial charge on any atom is -0.458 e. The van der Waals surface area contributed by atoms with E-state index >= 15 is 0 Å². The summed E-state index contributed by atoms with van der Waals surface area (Å²) in [6, 6.07) is 0. The maximum atomic E-state index is 12.7. The van der Waals surface area contributed by atoms with Crippen LogP contribution >= 0.6 is 0 Å². The summed E-state index contributed by atoms with van der Waals surface area (Å²) in [6.45, 7) is 9.38. The van der Waals surface area contributed by atoms with Gasteiger partial charge in [0.05, 0.1) is 25.4 Å². The van der Waals surface area contributed by atoms with Gasteiger partial charge in [0.1, 0.15) is 24.4 Å². The molecule has 4 unspecified atom stereocenters. The molecule has 6 N–H and O–H groups in total. The van der Waals surface area contributed by atoms with Crippen LogP contribution < -0.4 is 0 Å². The minimum atomic E-state index is -2.11. The topological polar surface area (TPSA) is 166 Å². The van der Waals surface area contributed by atoms with Gasteiger partial charge in [0.15, 0.2) is 11.9 Å². The number of carbonyl (C=O) groups is 1. The van der Waals surface area contributed by atoms with Crippen molar-refractivity contribution in [1.29, 1.82) is 0 Å². The van der Waals surface area contributed by atoms with E-state index in [9.17, 15) is 30.3 Å². The summed E-state index contributed by atoms with van der Waals surface area (Å²) in [5.74, 6) is 1.73. The number of rotatable bonds is 6. The summed E-state index contributed by atoms with van der Waals surface area (Å²) in [5, 5.41) is 60.1. The third-order valence-electron chi connectivity index (χ3n) is 13.7. The molecule has 0 radical (unpaired) electrons. The fourth-order valence-corrected chi connectivity index (χ4v) is 11.3. The molecule has 4 saturated carbocycles. The highest BCUT2D eigenvalue weighted by molar-refractivity contribution is 5.75. The van der Waals surface area contributed by atoms with Gasteiger partial charge in [0, 0.05) is 12.3 Å². The summed E-state index contributed by atoms with van der Waals surface area (Å²) >= 11 is 0. The molecule has 0 aromatic heterocycles. The van der Waals surface area contributed by atoms with Crippen molar-refractivity contribution >= 4 is 5.97 Å². The van der Waals surface area contributed by atoms with Gasteiger partial charge >= 0.3 is 5.97 Å². The maximum absolute atomic E-state index is 12.7. The first kappa shape index (κ1) is 32.1. The fourth-order valence-electron chi connectivity index (χ4n) is 11.3. The number of aliphatic hydroxyl groups is 6. The molecule has 10 nitrogen and oxygen atoms in total. The third-order valence-corrected chi connectivity index (χ3v) is 13.7. The Bertz CT molecular complexity index is 1030. The molecule has 2 saturated heterocycles. The lowest BCUT2D eigenvalue weighted by atomic mass is 9.44. The summed E-state index contributed by atoms with van der Waals surface area (Å²) in [7, 11) is 0. The molecule has 43 heavy (non-hydrogen) atoms. The molecule has 0 aromatic rings. The molecule has 17 atom stereocenters. The van der Waals surface area contributed by atoms with Gasteiger partial charge in [-0.05, 0) is 97.7 Å². The van der Waals surface area contributed by atoms with Crippen molar-refractivity contribution in [3.63, 3.8) is 0 Å². The van der Waals surface area contributed by atoms with Gasteiger partial charge in [0.25, 0.3) is 0 Å². The normalized spacial score (nSPS) is 51.9. The number of esters is 1. The van der Waals surface area contributed by atoms with E-state index in [2.05, 4.69) is 27.7 Å². The Hall–Kier alpha value is -0.850. The van der Waals surface area contributed by atoms with Crippen molar-refractivity contribution in [2.75, 3.05) is 13.2 Å². The van der Waals surface area contributed by atoms with Gasteiger partial charge in [0.2, 0.25) is 0 Å². The first-order valence-electron chi connectivity index (χ1n) is 16.8. The lowest BCUT2D eigenvalue weighted by Gasteiger charge is -2.62. The number of ether oxygens (including phenoxy) is 3. The second kappa shape index (κ2) is 11.4. The molecule has 2 heterocycles. The molecule has 0 aromatic carbocycles. The number of hydrogen-bond acceptors (Lipinski definition) is 10. The third kappa shape index (κ3) is 5.01. The lowest BCUT2D eigenvalue weighted by molar-refractivity contribution is -0.273. The van der Waals surface area contributed by atoms with Crippen molar-refractivity contribution in [3.05, 3.63) is 0 Å². The smallest absolute Gasteiger partial charge is 0.338 e. The highest BCUT2D eigenvalue weighted by Gasteiger charge is 2.69. The zero-order valence-electron chi connectivity index (χ0n) is 26.2. The molecule has 6 rings (SSSR count). The van der Waals surface area contributed by atoms with Crippen LogP contribution in [0.2, 0.25) is 0 Å². The molecule has 6 fully saturated rings. The fraction of sp³-hybridized carbons (Fsp3) is 0.970. The Morgan fingerprint density at radius 3 is 2.37 bits per heavy atom. The summed E-state index contributed by atoms with van der Waals surface area (Å²) < 4.78 is 18.9. The van der Waals surface area contributed by atoms with Crippen LogP contribution in [0.3, 0.4) is 0 Å². The van der Waals surface area contributed by atoms with Crippen molar-refractivity contribution < 1.29 is 49.6 Å². The Labute approximate surface area is 255 Å². The monoisotopic (exact) mass is 610 g/mol. The lowest BCUT2D eigenvalue weighted by Crippen LogP contribution is -2.58. The molecule has 0 bridgehead atoms. The highest BCUT2D eigenvalue weighted by atomic mass is 16.7. The van der Waals surface area contributed by atoms with Gasteiger partial charge in [-0.1, -0.05) is 27.7 Å². The quantitative estimate of drug-likeness (QED) is 0.244. The second-order valence-corrected chi connectivity index (χ2v) is 15.8. The van der Waals surface area contributed by atoms with Gasteiger partial charge in [-0.2, -0.15) is 0 Å². The van der Waals surface area contributed by atoms with Crippen LogP contribution in [0.1, 0.15) is 85.5 Å². The van der Waals surface area contributed by atoms with Crippen LogP contribution in [0.15, 0.2) is 0 Å². The van der Waals surface area contributed by atoms with E-state index < -0.39 is 55.0 Å². The summed E-state index contributed by atoms with van der Waals surface area (Å²) in [4.78, 5) is 12.7. The van der Waals surface area contributed by atoms with E-state index in [1.165, 1.54) is 0 Å². The molecule has 4 aliphatic carbocycles. The van der Waals surface area contributed by atoms with E-state index in [1.807, 2.05) is 0 Å². The van der Waals surface area contributed by atoms with Gasteiger partial charge in [-0.25, -0.2) is 4.79 Å². The first-order chi connectivity index (χ1) is 20.3. The Morgan fingerprint density at radius 2 is 1.70 bits per heavy atom. The molecule has 0 amide bonds. The van der Waals surface area contributed by atoms with Crippen molar-refractivity contribution in [1.82, 2.24) is 0 Å². The minimum absolute atomic E-state index is 0.0971. The molecule has 10 heteroatoms. The SMILES string of the molecule is C[C@@H]1CC[C@@]2(OC1)OC1C[C@H]3C4CC[C@H]5C[C@@H](OC(=O)[C@@H](O)[C@@H](O)[C@H](O)[C@H](O)CO)[C@H](O)C[C@]5(C)C4CC[C@]3(C)C1[C@@H]2C. The van der Waals surface area contributed by atoms with E-state index in [0.717, 1.165) is 51.6 Å². The number of hydrogen-bond donors (Lipinski definition) is 6. The van der Waals surface area contributed by atoms with Crippen molar-refractivity contribution in [2.24, 2.45) is 52.3 Å². The first-order valence-corrected chi connectivity index (χ1v) is 16.8. The Balaban J connectivity index is 1.12.